The number of carboxylic acids is 1. The number of nitrogens with two attached hydrogens (primary N) is 1. The highest BCUT2D eigenvalue weighted by Crippen LogP contribution is 1.93. The van der Waals surface area contributed by atoms with E-state index in [1.165, 1.54) is 6.92 Å². The van der Waals surface area contributed by atoms with Crippen LogP contribution in [-0.4, -0.2) is 50.3 Å². The third-order valence-electron chi connectivity index (χ3n) is 1.84. The zero-order valence-corrected chi connectivity index (χ0v) is 10.3. The van der Waals surface area contributed by atoms with Crippen LogP contribution in [0.1, 0.15) is 13.3 Å². The molecule has 0 spiro atoms. The van der Waals surface area contributed by atoms with Crippen LogP contribution in [0.25, 0.3) is 0 Å². The lowest BCUT2D eigenvalue weighted by molar-refractivity contribution is -0.138. The van der Waals surface area contributed by atoms with E-state index in [2.05, 4.69) is 10.0 Å². The maximum atomic E-state index is 11.3. The van der Waals surface area contributed by atoms with Gasteiger partial charge in [-0.3, -0.25) is 9.59 Å². The van der Waals surface area contributed by atoms with Gasteiger partial charge in [0.15, 0.2) is 0 Å². The van der Waals surface area contributed by atoms with Gasteiger partial charge in [-0.15, -0.1) is 0 Å². The number of carbonyl (C=O) groups is 2. The van der Waals surface area contributed by atoms with E-state index in [0.717, 1.165) is 0 Å². The van der Waals surface area contributed by atoms with Crippen molar-refractivity contribution in [2.45, 2.75) is 19.4 Å². The highest BCUT2D eigenvalue weighted by atomic mass is 32.2. The van der Waals surface area contributed by atoms with Crippen molar-refractivity contribution in [3.8, 4) is 0 Å². The second kappa shape index (κ2) is 7.20. The first-order chi connectivity index (χ1) is 7.74. The third-order valence-corrected chi connectivity index (χ3v) is 3.25. The predicted octanol–water partition coefficient (Wildman–Crippen LogP) is -2.16. The molecule has 0 aliphatic rings. The van der Waals surface area contributed by atoms with Crippen molar-refractivity contribution in [3.05, 3.63) is 0 Å². The molecule has 100 valence electrons. The van der Waals surface area contributed by atoms with Crippen molar-refractivity contribution in [1.82, 2.24) is 10.0 Å². The molecule has 1 amide bonds. The summed E-state index contributed by atoms with van der Waals surface area (Å²) in [6.07, 6.45) is -0.162. The van der Waals surface area contributed by atoms with Gasteiger partial charge in [0.25, 0.3) is 0 Å². The Labute approximate surface area is 99.6 Å². The molecule has 0 bridgehead atoms. The van der Waals surface area contributed by atoms with E-state index < -0.39 is 22.0 Å². The molecule has 0 saturated carbocycles. The van der Waals surface area contributed by atoms with Crippen molar-refractivity contribution < 1.29 is 23.1 Å². The number of amides is 1. The van der Waals surface area contributed by atoms with Crippen molar-refractivity contribution >= 4 is 21.9 Å². The fraction of sp³-hybridized carbons (Fsp3) is 0.750. The van der Waals surface area contributed by atoms with Crippen LogP contribution in [0.5, 0.6) is 0 Å². The lowest BCUT2D eigenvalue weighted by Crippen LogP contribution is -2.38. The zero-order chi connectivity index (χ0) is 13.5. The Bertz CT molecular complexity index is 367. The largest absolute Gasteiger partial charge is 0.480 e. The highest BCUT2D eigenvalue weighted by Gasteiger charge is 2.16. The van der Waals surface area contributed by atoms with Crippen LogP contribution in [0.2, 0.25) is 0 Å². The average molecular weight is 267 g/mol. The minimum atomic E-state index is -3.55. The first-order valence-electron chi connectivity index (χ1n) is 4.95. The number of carbonyl (C=O) groups excluding carboxylic acids is 1. The number of hydrogen-bond donors (Lipinski definition) is 4. The molecule has 1 atom stereocenters. The van der Waals surface area contributed by atoms with Gasteiger partial charge in [-0.05, 0) is 6.42 Å². The summed E-state index contributed by atoms with van der Waals surface area (Å²) in [5.74, 6) is -1.85. The van der Waals surface area contributed by atoms with Gasteiger partial charge in [0.2, 0.25) is 15.9 Å². The van der Waals surface area contributed by atoms with Crippen molar-refractivity contribution in [3.63, 3.8) is 0 Å². The maximum absolute atomic E-state index is 11.3. The Kier molecular flexibility index (Phi) is 6.69. The Morgan fingerprint density at radius 1 is 1.35 bits per heavy atom. The van der Waals surface area contributed by atoms with E-state index in [-0.39, 0.29) is 31.2 Å². The van der Waals surface area contributed by atoms with Gasteiger partial charge >= 0.3 is 5.97 Å². The fourth-order valence-electron chi connectivity index (χ4n) is 0.923. The molecule has 0 aliphatic heterocycles. The first-order valence-corrected chi connectivity index (χ1v) is 6.60. The molecule has 0 radical (unpaired) electrons. The average Bonchev–Trinajstić information content (AvgIpc) is 2.21. The molecule has 9 heteroatoms. The molecule has 17 heavy (non-hydrogen) atoms. The van der Waals surface area contributed by atoms with Crippen molar-refractivity contribution in [1.29, 1.82) is 0 Å². The topological polar surface area (TPSA) is 139 Å². The van der Waals surface area contributed by atoms with Crippen LogP contribution < -0.4 is 15.8 Å². The summed E-state index contributed by atoms with van der Waals surface area (Å²) < 4.78 is 24.9. The van der Waals surface area contributed by atoms with Crippen LogP contribution in [0.4, 0.5) is 0 Å². The highest BCUT2D eigenvalue weighted by molar-refractivity contribution is 7.89. The van der Waals surface area contributed by atoms with Gasteiger partial charge < -0.3 is 16.2 Å². The van der Waals surface area contributed by atoms with E-state index in [1.807, 2.05) is 0 Å². The summed E-state index contributed by atoms with van der Waals surface area (Å²) in [4.78, 5) is 20.9. The minimum Gasteiger partial charge on any atom is -0.480 e. The van der Waals surface area contributed by atoms with E-state index in [9.17, 15) is 18.0 Å². The van der Waals surface area contributed by atoms with E-state index >= 15 is 0 Å². The van der Waals surface area contributed by atoms with Gasteiger partial charge in [0, 0.05) is 20.0 Å². The molecular formula is C8H17N3O5S. The Morgan fingerprint density at radius 2 is 1.94 bits per heavy atom. The molecule has 0 saturated heterocycles. The van der Waals surface area contributed by atoms with Crippen LogP contribution in [-0.2, 0) is 19.6 Å². The summed E-state index contributed by atoms with van der Waals surface area (Å²) in [7, 11) is -3.55. The zero-order valence-electron chi connectivity index (χ0n) is 9.47. The van der Waals surface area contributed by atoms with Gasteiger partial charge in [-0.2, -0.15) is 0 Å². The summed E-state index contributed by atoms with van der Waals surface area (Å²) in [5.41, 5.74) is 5.17. The maximum Gasteiger partial charge on any atom is 0.320 e. The van der Waals surface area contributed by atoms with Gasteiger partial charge in [-0.1, -0.05) is 0 Å². The fourth-order valence-corrected chi connectivity index (χ4v) is 2.04. The first kappa shape index (κ1) is 15.8. The lowest BCUT2D eigenvalue weighted by atomic mass is 10.2. The second-order valence-corrected chi connectivity index (χ2v) is 5.36. The summed E-state index contributed by atoms with van der Waals surface area (Å²) in [6.45, 7) is 1.56. The molecule has 0 aromatic rings. The normalized spacial score (nSPS) is 13.1. The predicted molar refractivity (Wildman–Crippen MR) is 60.7 cm³/mol. The Balaban J connectivity index is 3.88. The molecule has 0 aromatic carbocycles. The summed E-state index contributed by atoms with van der Waals surface area (Å²) >= 11 is 0. The molecule has 0 rings (SSSR count). The van der Waals surface area contributed by atoms with Gasteiger partial charge in [-0.25, -0.2) is 13.1 Å². The second-order valence-electron chi connectivity index (χ2n) is 3.43. The number of aliphatic carboxylic acids is 1. The summed E-state index contributed by atoms with van der Waals surface area (Å²) in [5, 5.41) is 10.9. The van der Waals surface area contributed by atoms with E-state index in [1.54, 1.807) is 0 Å². The molecule has 5 N–H and O–H groups in total. The van der Waals surface area contributed by atoms with Crippen LogP contribution in [0, 0.1) is 0 Å². The van der Waals surface area contributed by atoms with Crippen LogP contribution >= 0.6 is 0 Å². The molecule has 0 aliphatic carbocycles. The van der Waals surface area contributed by atoms with Crippen LogP contribution in [0.3, 0.4) is 0 Å². The van der Waals surface area contributed by atoms with Crippen LogP contribution in [0.15, 0.2) is 0 Å². The van der Waals surface area contributed by atoms with Gasteiger partial charge in [0.05, 0.1) is 5.75 Å². The number of sulfonamides is 1. The monoisotopic (exact) mass is 267 g/mol. The summed E-state index contributed by atoms with van der Waals surface area (Å²) in [6, 6.07) is -1.19. The molecule has 0 fully saturated rings. The van der Waals surface area contributed by atoms with E-state index in [4.69, 9.17) is 10.8 Å². The molecule has 1 unspecified atom stereocenters. The molecular weight excluding hydrogens is 250 g/mol. The molecule has 8 nitrogen and oxygen atoms in total. The Morgan fingerprint density at radius 3 is 2.41 bits per heavy atom. The lowest BCUT2D eigenvalue weighted by Gasteiger charge is -2.08. The van der Waals surface area contributed by atoms with Gasteiger partial charge in [0.1, 0.15) is 6.04 Å². The van der Waals surface area contributed by atoms with Crippen molar-refractivity contribution in [2.24, 2.45) is 5.73 Å². The number of carboxylic acid groups (broad SMARTS) is 1. The third kappa shape index (κ3) is 8.60. The quantitative estimate of drug-likeness (QED) is 0.370. The minimum absolute atomic E-state index is 0.0597. The number of rotatable bonds is 8. The Hall–Kier alpha value is -1.19. The van der Waals surface area contributed by atoms with Crippen molar-refractivity contribution in [2.75, 3.05) is 18.8 Å². The standard InChI is InChI=1S/C8H17N3O5S/c1-6(12)10-3-4-11-17(15,16)5-2-7(9)8(13)14/h7,11H,2-5,9H2,1H3,(H,10,12)(H,13,14). The number of nitrogens with one attached hydrogen (secondary N) is 2. The smallest absolute Gasteiger partial charge is 0.320 e. The number of hydrogen-bond acceptors (Lipinski definition) is 5. The molecule has 0 heterocycles. The van der Waals surface area contributed by atoms with E-state index in [0.29, 0.717) is 0 Å². The SMILES string of the molecule is CC(=O)NCCNS(=O)(=O)CCC(N)C(=O)O. The molecule has 0 aromatic heterocycles.